The minimum absolute atomic E-state index is 0.0733. The van der Waals surface area contributed by atoms with E-state index in [2.05, 4.69) is 20.5 Å². The van der Waals surface area contributed by atoms with Crippen LogP contribution in [0.15, 0.2) is 29.3 Å². The maximum Gasteiger partial charge on any atom is 0.262 e. The van der Waals surface area contributed by atoms with Gasteiger partial charge in [0.05, 0.1) is 6.20 Å². The first-order chi connectivity index (χ1) is 8.22. The smallest absolute Gasteiger partial charge is 0.262 e. The standard InChI is InChI=1S/C11H12N4O2/c1-2-7-6-13-15-9(7)14-11(17)8-4-3-5-12-10(8)16/h3-6H,2H2,1H3,(H,12,16)(H2,13,14,15,17). The molecule has 0 bridgehead atoms. The lowest BCUT2D eigenvalue weighted by Crippen LogP contribution is -2.23. The summed E-state index contributed by atoms with van der Waals surface area (Å²) >= 11 is 0. The number of aryl methyl sites for hydroxylation is 1. The molecule has 3 N–H and O–H groups in total. The summed E-state index contributed by atoms with van der Waals surface area (Å²) < 4.78 is 0. The molecule has 0 fully saturated rings. The normalized spacial score (nSPS) is 10.2. The van der Waals surface area contributed by atoms with Crippen molar-refractivity contribution in [2.45, 2.75) is 13.3 Å². The Morgan fingerprint density at radius 2 is 2.35 bits per heavy atom. The van der Waals surface area contributed by atoms with Crippen molar-refractivity contribution < 1.29 is 4.79 Å². The molecule has 0 atom stereocenters. The second kappa shape index (κ2) is 4.65. The molecule has 0 aromatic carbocycles. The fraction of sp³-hybridized carbons (Fsp3) is 0.182. The van der Waals surface area contributed by atoms with Crippen molar-refractivity contribution in [3.63, 3.8) is 0 Å². The summed E-state index contributed by atoms with van der Waals surface area (Å²) in [5, 5.41) is 9.14. The van der Waals surface area contributed by atoms with Crippen molar-refractivity contribution in [3.05, 3.63) is 46.0 Å². The molecule has 0 saturated carbocycles. The van der Waals surface area contributed by atoms with Gasteiger partial charge in [-0.3, -0.25) is 14.7 Å². The minimum atomic E-state index is -0.453. The molecule has 2 aromatic heterocycles. The van der Waals surface area contributed by atoms with Crippen LogP contribution in [0, 0.1) is 0 Å². The van der Waals surface area contributed by atoms with Gasteiger partial charge in [-0.2, -0.15) is 5.10 Å². The Kier molecular flexibility index (Phi) is 3.04. The molecule has 1 amide bonds. The lowest BCUT2D eigenvalue weighted by atomic mass is 10.2. The molecule has 88 valence electrons. The number of nitrogens with zero attached hydrogens (tertiary/aromatic N) is 1. The van der Waals surface area contributed by atoms with E-state index in [1.165, 1.54) is 12.3 Å². The van der Waals surface area contributed by atoms with Gasteiger partial charge in [0.15, 0.2) is 0 Å². The number of amides is 1. The Morgan fingerprint density at radius 1 is 1.53 bits per heavy atom. The summed E-state index contributed by atoms with van der Waals surface area (Å²) in [5.74, 6) is 0.0755. The number of carbonyl (C=O) groups is 1. The highest BCUT2D eigenvalue weighted by atomic mass is 16.2. The number of pyridine rings is 1. The topological polar surface area (TPSA) is 90.6 Å². The molecule has 6 nitrogen and oxygen atoms in total. The highest BCUT2D eigenvalue weighted by Crippen LogP contribution is 2.11. The van der Waals surface area contributed by atoms with Crippen molar-refractivity contribution in [1.29, 1.82) is 0 Å². The Labute approximate surface area is 97.1 Å². The van der Waals surface area contributed by atoms with Crippen LogP contribution in [0.1, 0.15) is 22.8 Å². The predicted octanol–water partition coefficient (Wildman–Crippen LogP) is 0.913. The molecule has 0 unspecified atom stereocenters. The van der Waals surface area contributed by atoms with E-state index in [1.54, 1.807) is 12.3 Å². The first-order valence-electron chi connectivity index (χ1n) is 5.23. The third-order valence-electron chi connectivity index (χ3n) is 2.40. The molecule has 17 heavy (non-hydrogen) atoms. The molecule has 0 aliphatic carbocycles. The lowest BCUT2D eigenvalue weighted by molar-refractivity contribution is 0.102. The van der Waals surface area contributed by atoms with Gasteiger partial charge in [0.2, 0.25) is 0 Å². The molecule has 0 saturated heterocycles. The molecule has 0 aliphatic heterocycles. The van der Waals surface area contributed by atoms with Crippen molar-refractivity contribution in [3.8, 4) is 0 Å². The van der Waals surface area contributed by atoms with Crippen LogP contribution in [-0.4, -0.2) is 21.1 Å². The Bertz CT molecular complexity index is 585. The van der Waals surface area contributed by atoms with Gasteiger partial charge in [-0.25, -0.2) is 0 Å². The third-order valence-corrected chi connectivity index (χ3v) is 2.40. The highest BCUT2D eigenvalue weighted by Gasteiger charge is 2.12. The first-order valence-corrected chi connectivity index (χ1v) is 5.23. The molecule has 0 spiro atoms. The molecule has 6 heteroatoms. The van der Waals surface area contributed by atoms with E-state index >= 15 is 0 Å². The number of hydrogen-bond donors (Lipinski definition) is 3. The van der Waals surface area contributed by atoms with Crippen LogP contribution < -0.4 is 10.9 Å². The van der Waals surface area contributed by atoms with Crippen LogP contribution in [0.2, 0.25) is 0 Å². The van der Waals surface area contributed by atoms with Gasteiger partial charge in [0.25, 0.3) is 11.5 Å². The molecule has 2 aromatic rings. The van der Waals surface area contributed by atoms with Crippen molar-refractivity contribution in [2.24, 2.45) is 0 Å². The van der Waals surface area contributed by atoms with Crippen LogP contribution in [0.25, 0.3) is 0 Å². The molecule has 2 heterocycles. The van der Waals surface area contributed by atoms with E-state index in [-0.39, 0.29) is 5.56 Å². The van der Waals surface area contributed by atoms with E-state index in [4.69, 9.17) is 0 Å². The van der Waals surface area contributed by atoms with Crippen LogP contribution >= 0.6 is 0 Å². The zero-order valence-electron chi connectivity index (χ0n) is 9.28. The fourth-order valence-electron chi connectivity index (χ4n) is 1.47. The van der Waals surface area contributed by atoms with Crippen molar-refractivity contribution in [1.82, 2.24) is 15.2 Å². The number of aromatic amines is 2. The zero-order chi connectivity index (χ0) is 12.3. The summed E-state index contributed by atoms with van der Waals surface area (Å²) in [7, 11) is 0. The number of rotatable bonds is 3. The maximum atomic E-state index is 11.8. The predicted molar refractivity (Wildman–Crippen MR) is 63.0 cm³/mol. The van der Waals surface area contributed by atoms with Gasteiger partial charge in [0, 0.05) is 11.8 Å². The number of hydrogen-bond acceptors (Lipinski definition) is 3. The van der Waals surface area contributed by atoms with Crippen LogP contribution in [0.3, 0.4) is 0 Å². The molecule has 0 radical (unpaired) electrons. The van der Waals surface area contributed by atoms with Gasteiger partial charge in [-0.15, -0.1) is 0 Å². The summed E-state index contributed by atoms with van der Waals surface area (Å²) in [4.78, 5) is 25.7. The van der Waals surface area contributed by atoms with E-state index in [0.29, 0.717) is 5.82 Å². The molecular formula is C11H12N4O2. The fourth-order valence-corrected chi connectivity index (χ4v) is 1.47. The van der Waals surface area contributed by atoms with Gasteiger partial charge in [-0.05, 0) is 18.6 Å². The Morgan fingerprint density at radius 3 is 3.06 bits per heavy atom. The van der Waals surface area contributed by atoms with Gasteiger partial charge < -0.3 is 10.3 Å². The average molecular weight is 232 g/mol. The Balaban J connectivity index is 2.23. The van der Waals surface area contributed by atoms with E-state index < -0.39 is 11.5 Å². The van der Waals surface area contributed by atoms with Crippen molar-refractivity contribution in [2.75, 3.05) is 5.32 Å². The second-order valence-corrected chi connectivity index (χ2v) is 3.49. The zero-order valence-corrected chi connectivity index (χ0v) is 9.28. The van der Waals surface area contributed by atoms with E-state index in [0.717, 1.165) is 12.0 Å². The number of H-pyrrole nitrogens is 2. The van der Waals surface area contributed by atoms with E-state index in [9.17, 15) is 9.59 Å². The quantitative estimate of drug-likeness (QED) is 0.734. The van der Waals surface area contributed by atoms with Crippen LogP contribution in [0.5, 0.6) is 0 Å². The Hall–Kier alpha value is -2.37. The number of aromatic nitrogens is 3. The summed E-state index contributed by atoms with van der Waals surface area (Å²) in [6.07, 6.45) is 3.87. The minimum Gasteiger partial charge on any atom is -0.328 e. The largest absolute Gasteiger partial charge is 0.328 e. The lowest BCUT2D eigenvalue weighted by Gasteiger charge is -2.03. The summed E-state index contributed by atoms with van der Waals surface area (Å²) in [5.41, 5.74) is 0.553. The summed E-state index contributed by atoms with van der Waals surface area (Å²) in [6, 6.07) is 3.07. The van der Waals surface area contributed by atoms with Crippen LogP contribution in [0.4, 0.5) is 5.82 Å². The van der Waals surface area contributed by atoms with Gasteiger partial charge >= 0.3 is 0 Å². The first kappa shape index (κ1) is 11.1. The van der Waals surface area contributed by atoms with Crippen LogP contribution in [-0.2, 0) is 6.42 Å². The third kappa shape index (κ3) is 2.25. The highest BCUT2D eigenvalue weighted by molar-refractivity contribution is 6.03. The van der Waals surface area contributed by atoms with Gasteiger partial charge in [0.1, 0.15) is 11.4 Å². The SMILES string of the molecule is CCc1cn[nH]c1NC(=O)c1ccc[nH]c1=O. The molecular weight excluding hydrogens is 220 g/mol. The number of anilines is 1. The second-order valence-electron chi connectivity index (χ2n) is 3.49. The van der Waals surface area contributed by atoms with Crippen molar-refractivity contribution >= 4 is 11.7 Å². The maximum absolute atomic E-state index is 11.8. The number of carbonyl (C=O) groups excluding carboxylic acids is 1. The average Bonchev–Trinajstić information content (AvgIpc) is 2.76. The van der Waals surface area contributed by atoms with E-state index in [1.807, 2.05) is 6.92 Å². The van der Waals surface area contributed by atoms with Gasteiger partial charge in [-0.1, -0.05) is 6.92 Å². The molecule has 2 rings (SSSR count). The monoisotopic (exact) mass is 232 g/mol. The molecule has 0 aliphatic rings. The summed E-state index contributed by atoms with van der Waals surface area (Å²) in [6.45, 7) is 1.95. The number of nitrogens with one attached hydrogen (secondary N) is 3.